The molecule has 0 amide bonds. The molecule has 0 unspecified atom stereocenters. The van der Waals surface area contributed by atoms with Gasteiger partial charge in [-0.3, -0.25) is 9.59 Å². The van der Waals surface area contributed by atoms with Crippen molar-refractivity contribution in [2.75, 3.05) is 0 Å². The summed E-state index contributed by atoms with van der Waals surface area (Å²) in [7, 11) is 0. The van der Waals surface area contributed by atoms with Gasteiger partial charge in [-0.25, -0.2) is 0 Å². The van der Waals surface area contributed by atoms with E-state index in [2.05, 4.69) is 6.92 Å². The van der Waals surface area contributed by atoms with Crippen LogP contribution in [0.3, 0.4) is 0 Å². The van der Waals surface area contributed by atoms with E-state index in [0.717, 1.165) is 12.8 Å². The summed E-state index contributed by atoms with van der Waals surface area (Å²) < 4.78 is 0. The van der Waals surface area contributed by atoms with Gasteiger partial charge in [0.2, 0.25) is 0 Å². The van der Waals surface area contributed by atoms with Crippen molar-refractivity contribution in [2.24, 2.45) is 0 Å². The van der Waals surface area contributed by atoms with Crippen LogP contribution in [0.4, 0.5) is 0 Å². The van der Waals surface area contributed by atoms with Crippen LogP contribution in [-0.4, -0.2) is 11.6 Å². The average molecular weight is 204 g/mol. The number of hydrogen-bond donors (Lipinski definition) is 0. The second-order valence-corrected chi connectivity index (χ2v) is 3.66. The highest BCUT2D eigenvalue weighted by Crippen LogP contribution is 2.09. The highest BCUT2D eigenvalue weighted by molar-refractivity contribution is 5.98. The summed E-state index contributed by atoms with van der Waals surface area (Å²) in [4.78, 5) is 22.6. The lowest BCUT2D eigenvalue weighted by atomic mass is 10.0. The molecule has 0 aromatic heterocycles. The fourth-order valence-electron chi connectivity index (χ4n) is 1.37. The van der Waals surface area contributed by atoms with Gasteiger partial charge in [0.25, 0.3) is 0 Å². The van der Waals surface area contributed by atoms with Crippen LogP contribution in [-0.2, 0) is 0 Å². The molecule has 0 radical (unpaired) electrons. The highest BCUT2D eigenvalue weighted by atomic mass is 16.1. The molecule has 1 aromatic carbocycles. The molecule has 0 bridgehead atoms. The van der Waals surface area contributed by atoms with E-state index in [1.165, 1.54) is 6.92 Å². The van der Waals surface area contributed by atoms with Crippen molar-refractivity contribution in [1.29, 1.82) is 0 Å². The minimum absolute atomic E-state index is 0.0301. The number of benzene rings is 1. The van der Waals surface area contributed by atoms with Crippen molar-refractivity contribution in [3.63, 3.8) is 0 Å². The normalized spacial score (nSPS) is 10.0. The number of ketones is 2. The van der Waals surface area contributed by atoms with Gasteiger partial charge in [0.15, 0.2) is 11.6 Å². The van der Waals surface area contributed by atoms with E-state index in [9.17, 15) is 9.59 Å². The molecule has 0 fully saturated rings. The number of carbonyl (C=O) groups is 2. The molecule has 1 aromatic rings. The minimum atomic E-state index is 0.0301. The first-order chi connectivity index (χ1) is 7.15. The minimum Gasteiger partial charge on any atom is -0.295 e. The summed E-state index contributed by atoms with van der Waals surface area (Å²) in [5.74, 6) is 0.189. The van der Waals surface area contributed by atoms with Gasteiger partial charge in [-0.1, -0.05) is 37.6 Å². The second-order valence-electron chi connectivity index (χ2n) is 3.66. The standard InChI is InChI=1S/C13H16O2/c1-3-4-5-13(15)12-8-6-11(7-9-12)10(2)14/h6-9H,3-5H2,1-2H3. The molecular formula is C13H16O2. The zero-order chi connectivity index (χ0) is 11.3. The molecule has 15 heavy (non-hydrogen) atoms. The van der Waals surface area contributed by atoms with Crippen molar-refractivity contribution < 1.29 is 9.59 Å². The lowest BCUT2D eigenvalue weighted by molar-refractivity contribution is 0.0976. The molecule has 0 spiro atoms. The van der Waals surface area contributed by atoms with Crippen LogP contribution in [0.25, 0.3) is 0 Å². The van der Waals surface area contributed by atoms with Crippen LogP contribution in [0.2, 0.25) is 0 Å². The Kier molecular flexibility index (Phi) is 4.22. The van der Waals surface area contributed by atoms with Gasteiger partial charge in [-0.15, -0.1) is 0 Å². The summed E-state index contributed by atoms with van der Waals surface area (Å²) in [6.07, 6.45) is 2.54. The third-order valence-corrected chi connectivity index (χ3v) is 2.37. The number of unbranched alkanes of at least 4 members (excludes halogenated alkanes) is 1. The van der Waals surface area contributed by atoms with Gasteiger partial charge in [0.05, 0.1) is 0 Å². The number of rotatable bonds is 5. The number of carbonyl (C=O) groups excluding carboxylic acids is 2. The van der Waals surface area contributed by atoms with Gasteiger partial charge >= 0.3 is 0 Å². The predicted molar refractivity (Wildman–Crippen MR) is 60.3 cm³/mol. The fourth-order valence-corrected chi connectivity index (χ4v) is 1.37. The quantitative estimate of drug-likeness (QED) is 0.690. The molecule has 0 N–H and O–H groups in total. The van der Waals surface area contributed by atoms with Crippen LogP contribution in [0, 0.1) is 0 Å². The van der Waals surface area contributed by atoms with E-state index in [1.54, 1.807) is 24.3 Å². The third kappa shape index (κ3) is 3.31. The Morgan fingerprint density at radius 3 is 2.07 bits per heavy atom. The zero-order valence-corrected chi connectivity index (χ0v) is 9.25. The van der Waals surface area contributed by atoms with Crippen LogP contribution in [0.5, 0.6) is 0 Å². The third-order valence-electron chi connectivity index (χ3n) is 2.37. The van der Waals surface area contributed by atoms with Gasteiger partial charge in [0.1, 0.15) is 0 Å². The zero-order valence-electron chi connectivity index (χ0n) is 9.25. The Labute approximate surface area is 90.3 Å². The molecule has 0 aliphatic carbocycles. The van der Waals surface area contributed by atoms with Crippen molar-refractivity contribution in [3.8, 4) is 0 Å². The Bertz CT molecular complexity index is 349. The van der Waals surface area contributed by atoms with E-state index in [1.807, 2.05) is 0 Å². The maximum atomic E-state index is 11.6. The second kappa shape index (κ2) is 5.44. The maximum absolute atomic E-state index is 11.6. The Balaban J connectivity index is 2.71. The molecular weight excluding hydrogens is 188 g/mol. The number of Topliss-reactive ketones (excluding diaryl/α,β-unsaturated/α-hetero) is 2. The topological polar surface area (TPSA) is 34.1 Å². The summed E-state index contributed by atoms with van der Waals surface area (Å²) in [5, 5.41) is 0. The van der Waals surface area contributed by atoms with E-state index in [-0.39, 0.29) is 11.6 Å². The van der Waals surface area contributed by atoms with Crippen molar-refractivity contribution in [3.05, 3.63) is 35.4 Å². The predicted octanol–water partition coefficient (Wildman–Crippen LogP) is 3.26. The van der Waals surface area contributed by atoms with E-state index >= 15 is 0 Å². The fraction of sp³-hybridized carbons (Fsp3) is 0.385. The van der Waals surface area contributed by atoms with Gasteiger partial charge in [0, 0.05) is 17.5 Å². The SMILES string of the molecule is CCCCC(=O)c1ccc(C(C)=O)cc1. The van der Waals surface area contributed by atoms with Crippen LogP contribution < -0.4 is 0 Å². The molecule has 0 aliphatic rings. The molecule has 80 valence electrons. The van der Waals surface area contributed by atoms with Gasteiger partial charge in [-0.05, 0) is 13.3 Å². The average Bonchev–Trinajstić information content (AvgIpc) is 2.26. The smallest absolute Gasteiger partial charge is 0.162 e. The molecule has 2 heteroatoms. The van der Waals surface area contributed by atoms with Crippen LogP contribution >= 0.6 is 0 Å². The monoisotopic (exact) mass is 204 g/mol. The molecule has 2 nitrogen and oxygen atoms in total. The molecule has 0 aliphatic heterocycles. The summed E-state index contributed by atoms with van der Waals surface area (Å²) in [6, 6.07) is 6.88. The maximum Gasteiger partial charge on any atom is 0.162 e. The lowest BCUT2D eigenvalue weighted by Gasteiger charge is -2.00. The van der Waals surface area contributed by atoms with Crippen molar-refractivity contribution >= 4 is 11.6 Å². The van der Waals surface area contributed by atoms with E-state index in [0.29, 0.717) is 17.5 Å². The Hall–Kier alpha value is -1.44. The van der Waals surface area contributed by atoms with Crippen LogP contribution in [0.1, 0.15) is 53.8 Å². The first-order valence-corrected chi connectivity index (χ1v) is 5.29. The highest BCUT2D eigenvalue weighted by Gasteiger charge is 2.05. The number of hydrogen-bond acceptors (Lipinski definition) is 2. The van der Waals surface area contributed by atoms with Crippen molar-refractivity contribution in [2.45, 2.75) is 33.1 Å². The molecule has 1 rings (SSSR count). The summed E-state index contributed by atoms with van der Waals surface area (Å²) >= 11 is 0. The molecule has 0 saturated heterocycles. The molecule has 0 heterocycles. The first kappa shape index (κ1) is 11.6. The van der Waals surface area contributed by atoms with Crippen molar-refractivity contribution in [1.82, 2.24) is 0 Å². The lowest BCUT2D eigenvalue weighted by Crippen LogP contribution is -2.00. The van der Waals surface area contributed by atoms with E-state index in [4.69, 9.17) is 0 Å². The largest absolute Gasteiger partial charge is 0.295 e. The molecule has 0 saturated carbocycles. The van der Waals surface area contributed by atoms with Gasteiger partial charge in [-0.2, -0.15) is 0 Å². The first-order valence-electron chi connectivity index (χ1n) is 5.29. The summed E-state index contributed by atoms with van der Waals surface area (Å²) in [6.45, 7) is 3.58. The Morgan fingerprint density at radius 1 is 1.07 bits per heavy atom. The summed E-state index contributed by atoms with van der Waals surface area (Å²) in [5.41, 5.74) is 1.36. The van der Waals surface area contributed by atoms with Gasteiger partial charge < -0.3 is 0 Å². The van der Waals surface area contributed by atoms with Crippen LogP contribution in [0.15, 0.2) is 24.3 Å². The Morgan fingerprint density at radius 2 is 1.60 bits per heavy atom. The van der Waals surface area contributed by atoms with E-state index < -0.39 is 0 Å². The molecule has 0 atom stereocenters.